The molecule has 3 N–H and O–H groups in total. The van der Waals surface area contributed by atoms with Crippen LogP contribution in [0.25, 0.3) is 11.1 Å². The summed E-state index contributed by atoms with van der Waals surface area (Å²) in [5.74, 6) is 0. The van der Waals surface area contributed by atoms with Gasteiger partial charge in [-0.15, -0.1) is 0 Å². The number of nitrogens with one attached hydrogen (secondary N) is 2. The Morgan fingerprint density at radius 3 is 2.38 bits per heavy atom. The molecule has 0 aromatic heterocycles. The fourth-order valence-electron chi connectivity index (χ4n) is 5.59. The number of piperidine rings is 1. The Bertz CT molecular complexity index is 1240. The first kappa shape index (κ1) is 28.3. The third-order valence-electron chi connectivity index (χ3n) is 7.73. The molecule has 2 aliphatic rings. The Morgan fingerprint density at radius 2 is 1.62 bits per heavy atom. The fraction of sp³-hybridized carbons (Fsp3) is 0.424. The molecular formula is C33H41N3O4. The zero-order valence-corrected chi connectivity index (χ0v) is 23.4. The molecule has 3 atom stereocenters. The van der Waals surface area contributed by atoms with Gasteiger partial charge in [0.1, 0.15) is 0 Å². The van der Waals surface area contributed by atoms with E-state index in [-0.39, 0.29) is 24.8 Å². The number of amides is 2. The zero-order valence-electron chi connectivity index (χ0n) is 23.4. The minimum Gasteiger partial charge on any atom is -0.392 e. The second-order valence-electron chi connectivity index (χ2n) is 10.8. The zero-order chi connectivity index (χ0) is 27.7. The Morgan fingerprint density at radius 1 is 0.875 bits per heavy atom. The van der Waals surface area contributed by atoms with Crippen LogP contribution >= 0.6 is 0 Å². The first-order chi connectivity index (χ1) is 19.6. The maximum Gasteiger partial charge on any atom is 0.315 e. The van der Waals surface area contributed by atoms with Gasteiger partial charge in [-0.05, 0) is 72.8 Å². The Balaban J connectivity index is 1.35. The van der Waals surface area contributed by atoms with Gasteiger partial charge in [-0.3, -0.25) is 0 Å². The molecule has 0 spiro atoms. The summed E-state index contributed by atoms with van der Waals surface area (Å²) in [4.78, 5) is 14.4. The highest BCUT2D eigenvalue weighted by atomic mass is 16.7. The summed E-state index contributed by atoms with van der Waals surface area (Å²) in [6.45, 7) is 6.15. The van der Waals surface area contributed by atoms with E-state index in [2.05, 4.69) is 64.1 Å². The van der Waals surface area contributed by atoms with Crippen molar-refractivity contribution < 1.29 is 19.4 Å². The van der Waals surface area contributed by atoms with Gasteiger partial charge in [0, 0.05) is 31.6 Å². The van der Waals surface area contributed by atoms with E-state index >= 15 is 0 Å². The predicted molar refractivity (Wildman–Crippen MR) is 157 cm³/mol. The van der Waals surface area contributed by atoms with Crippen LogP contribution in [0.2, 0.25) is 0 Å². The normalized spacial score (nSPS) is 21.6. The quantitative estimate of drug-likeness (QED) is 0.323. The van der Waals surface area contributed by atoms with Crippen molar-refractivity contribution in [3.8, 4) is 11.1 Å². The number of carbonyl (C=O) groups excluding carboxylic acids is 1. The first-order valence-electron chi connectivity index (χ1n) is 14.5. The molecule has 0 aliphatic carbocycles. The molecule has 2 heterocycles. The van der Waals surface area contributed by atoms with Crippen LogP contribution < -0.4 is 10.6 Å². The number of rotatable bonds is 9. The fourth-order valence-corrected chi connectivity index (χ4v) is 5.59. The van der Waals surface area contributed by atoms with E-state index in [4.69, 9.17) is 9.47 Å². The summed E-state index contributed by atoms with van der Waals surface area (Å²) in [5.41, 5.74) is 6.18. The number of benzene rings is 3. The number of carbonyl (C=O) groups is 1. The van der Waals surface area contributed by atoms with Gasteiger partial charge in [0.25, 0.3) is 0 Å². The molecule has 40 heavy (non-hydrogen) atoms. The summed E-state index contributed by atoms with van der Waals surface area (Å²) < 4.78 is 13.2. The van der Waals surface area contributed by atoms with Crippen LogP contribution in [0.4, 0.5) is 4.79 Å². The number of ether oxygens (including phenoxy) is 2. The van der Waals surface area contributed by atoms with Gasteiger partial charge in [0.15, 0.2) is 6.29 Å². The van der Waals surface area contributed by atoms with Crippen LogP contribution in [0.3, 0.4) is 0 Å². The number of hydrogen-bond donors (Lipinski definition) is 3. The first-order valence-corrected chi connectivity index (χ1v) is 14.5. The molecule has 2 fully saturated rings. The van der Waals surface area contributed by atoms with Crippen LogP contribution in [-0.4, -0.2) is 48.3 Å². The van der Waals surface area contributed by atoms with Gasteiger partial charge in [0.05, 0.1) is 18.8 Å². The van der Waals surface area contributed by atoms with Crippen LogP contribution in [0.15, 0.2) is 72.8 Å². The van der Waals surface area contributed by atoms with Crippen LogP contribution in [0.1, 0.15) is 67.3 Å². The topological polar surface area (TPSA) is 83.1 Å². The summed E-state index contributed by atoms with van der Waals surface area (Å²) in [6.07, 6.45) is 4.10. The van der Waals surface area contributed by atoms with E-state index in [0.717, 1.165) is 59.4 Å². The average Bonchev–Trinajstić information content (AvgIpc) is 3.01. The number of aliphatic hydroxyl groups excluding tert-OH is 1. The molecular weight excluding hydrogens is 502 g/mol. The smallest absolute Gasteiger partial charge is 0.315 e. The highest BCUT2D eigenvalue weighted by molar-refractivity contribution is 5.74. The highest BCUT2D eigenvalue weighted by Gasteiger charge is 2.33. The molecule has 2 amide bonds. The number of aliphatic hydroxyl groups is 1. The summed E-state index contributed by atoms with van der Waals surface area (Å²) in [7, 11) is 0. The van der Waals surface area contributed by atoms with Crippen LogP contribution in [0, 0.1) is 0 Å². The third kappa shape index (κ3) is 7.49. The number of hydrogen-bond acceptors (Lipinski definition) is 5. The molecule has 2 aliphatic heterocycles. The van der Waals surface area contributed by atoms with Gasteiger partial charge in [-0.1, -0.05) is 67.1 Å². The van der Waals surface area contributed by atoms with E-state index in [1.807, 2.05) is 31.2 Å². The molecule has 3 unspecified atom stereocenters. The largest absolute Gasteiger partial charge is 0.392 e. The molecule has 3 aromatic carbocycles. The van der Waals surface area contributed by atoms with Crippen molar-refractivity contribution in [2.75, 3.05) is 26.2 Å². The number of likely N-dealkylation sites (tertiary alicyclic amines) is 1. The maximum atomic E-state index is 11.8. The Kier molecular flexibility index (Phi) is 9.84. The lowest BCUT2D eigenvalue weighted by Gasteiger charge is -2.39. The van der Waals surface area contributed by atoms with Gasteiger partial charge >= 0.3 is 6.03 Å². The van der Waals surface area contributed by atoms with E-state index in [1.54, 1.807) is 0 Å². The lowest BCUT2D eigenvalue weighted by Crippen LogP contribution is -2.41. The predicted octanol–water partition coefficient (Wildman–Crippen LogP) is 5.70. The molecule has 7 heteroatoms. The van der Waals surface area contributed by atoms with E-state index in [9.17, 15) is 9.90 Å². The van der Waals surface area contributed by atoms with Gasteiger partial charge in [0.2, 0.25) is 0 Å². The average molecular weight is 544 g/mol. The second kappa shape index (κ2) is 13.9. The van der Waals surface area contributed by atoms with E-state index in [0.29, 0.717) is 13.1 Å². The molecule has 212 valence electrons. The van der Waals surface area contributed by atoms with Gasteiger partial charge < -0.3 is 30.1 Å². The Labute approximate surface area is 237 Å². The van der Waals surface area contributed by atoms with Crippen molar-refractivity contribution in [1.82, 2.24) is 15.5 Å². The lowest BCUT2D eigenvalue weighted by molar-refractivity contribution is -0.253. The van der Waals surface area contributed by atoms with Crippen molar-refractivity contribution in [3.05, 3.63) is 95.1 Å². The van der Waals surface area contributed by atoms with Crippen molar-refractivity contribution in [1.29, 1.82) is 0 Å². The molecule has 3 aromatic rings. The number of urea groups is 1. The molecule has 0 bridgehead atoms. The van der Waals surface area contributed by atoms with E-state index in [1.165, 1.54) is 19.3 Å². The minimum atomic E-state index is -0.478. The van der Waals surface area contributed by atoms with Crippen molar-refractivity contribution in [3.63, 3.8) is 0 Å². The van der Waals surface area contributed by atoms with Crippen molar-refractivity contribution in [2.24, 2.45) is 0 Å². The molecule has 2 saturated heterocycles. The summed E-state index contributed by atoms with van der Waals surface area (Å²) in [5, 5.41) is 15.2. The van der Waals surface area contributed by atoms with Crippen molar-refractivity contribution >= 4 is 6.03 Å². The highest BCUT2D eigenvalue weighted by Crippen LogP contribution is 2.39. The SMILES string of the molecule is CCNC(=O)NCc1cccc(-c2cccc(C3OC(CN4CCCCC4)CC(c4ccc(CO)cc4)O3)c2)c1. The monoisotopic (exact) mass is 543 g/mol. The standard InChI is InChI=1S/C33H41N3O4/c1-2-34-33(38)35-21-25-8-6-9-27(18-25)28-10-7-11-29(19-28)32-39-30(22-36-16-4-3-5-17-36)20-31(40-32)26-14-12-24(23-37)13-15-26/h6-15,18-19,30-32,37H,2-5,16-17,20-23H2,1H3,(H2,34,35,38). The summed E-state index contributed by atoms with van der Waals surface area (Å²) in [6, 6.07) is 24.5. The Hall–Kier alpha value is -3.23. The van der Waals surface area contributed by atoms with Crippen molar-refractivity contribution in [2.45, 2.75) is 64.3 Å². The molecule has 5 rings (SSSR count). The third-order valence-corrected chi connectivity index (χ3v) is 7.73. The van der Waals surface area contributed by atoms with Crippen LogP contribution in [0.5, 0.6) is 0 Å². The van der Waals surface area contributed by atoms with Gasteiger partial charge in [-0.25, -0.2) is 4.79 Å². The van der Waals surface area contributed by atoms with Gasteiger partial charge in [-0.2, -0.15) is 0 Å². The maximum absolute atomic E-state index is 11.8. The van der Waals surface area contributed by atoms with Crippen LogP contribution in [-0.2, 0) is 22.6 Å². The lowest BCUT2D eigenvalue weighted by atomic mass is 9.98. The minimum absolute atomic E-state index is 0.0329. The number of nitrogens with zero attached hydrogens (tertiary/aromatic N) is 1. The molecule has 0 saturated carbocycles. The second-order valence-corrected chi connectivity index (χ2v) is 10.8. The summed E-state index contributed by atoms with van der Waals surface area (Å²) >= 11 is 0. The van der Waals surface area contributed by atoms with E-state index < -0.39 is 6.29 Å². The molecule has 0 radical (unpaired) electrons. The molecule has 7 nitrogen and oxygen atoms in total.